The van der Waals surface area contributed by atoms with Crippen LogP contribution in [0.4, 0.5) is 0 Å². The zero-order chi connectivity index (χ0) is 14.5. The van der Waals surface area contributed by atoms with Crippen LogP contribution in [0.15, 0.2) is 47.1 Å². The lowest BCUT2D eigenvalue weighted by molar-refractivity contribution is 0.476. The van der Waals surface area contributed by atoms with Crippen LogP contribution >= 0.6 is 0 Å². The first-order valence-electron chi connectivity index (χ1n) is 6.35. The summed E-state index contributed by atoms with van der Waals surface area (Å²) >= 11 is 0. The van der Waals surface area contributed by atoms with Crippen molar-refractivity contribution < 1.29 is 9.52 Å². The number of pyridine rings is 1. The highest BCUT2D eigenvalue weighted by molar-refractivity contribution is 5.84. The average molecular weight is 266 g/mol. The van der Waals surface area contributed by atoms with Crippen molar-refractivity contribution in [2.75, 3.05) is 0 Å². The topological polar surface area (TPSA) is 70.0 Å². The average Bonchev–Trinajstić information content (AvgIpc) is 2.92. The molecule has 0 fully saturated rings. The molecular formula is C16H14N2O2. The second-order valence-corrected chi connectivity index (χ2v) is 3.87. The van der Waals surface area contributed by atoms with Crippen LogP contribution in [0.2, 0.25) is 0 Å². The van der Waals surface area contributed by atoms with Crippen molar-refractivity contribution in [2.45, 2.75) is 13.8 Å². The number of furan rings is 1. The van der Waals surface area contributed by atoms with Gasteiger partial charge >= 0.3 is 0 Å². The molecule has 4 nitrogen and oxygen atoms in total. The highest BCUT2D eigenvalue weighted by Crippen LogP contribution is 2.31. The molecular weight excluding hydrogens is 252 g/mol. The molecule has 1 N–H and O–H groups in total. The maximum atomic E-state index is 9.41. The number of aromatic hydroxyl groups is 1. The lowest BCUT2D eigenvalue weighted by Crippen LogP contribution is -1.83. The lowest BCUT2D eigenvalue weighted by atomic mass is 10.1. The summed E-state index contributed by atoms with van der Waals surface area (Å²) in [4.78, 5) is 3.91. The van der Waals surface area contributed by atoms with Gasteiger partial charge in [0, 0.05) is 23.3 Å². The lowest BCUT2D eigenvalue weighted by Gasteiger charge is -1.97. The molecule has 0 aliphatic heterocycles. The third kappa shape index (κ3) is 2.47. The van der Waals surface area contributed by atoms with Gasteiger partial charge in [0.05, 0.1) is 5.56 Å². The molecule has 0 spiro atoms. The van der Waals surface area contributed by atoms with Crippen molar-refractivity contribution in [3.63, 3.8) is 0 Å². The van der Waals surface area contributed by atoms with Gasteiger partial charge in [0.1, 0.15) is 23.2 Å². The van der Waals surface area contributed by atoms with Crippen LogP contribution in [-0.4, -0.2) is 10.1 Å². The Hall–Kier alpha value is -2.80. The molecule has 1 aromatic carbocycles. The zero-order valence-corrected chi connectivity index (χ0v) is 11.3. The minimum atomic E-state index is 0.185. The van der Waals surface area contributed by atoms with Gasteiger partial charge in [0.25, 0.3) is 0 Å². The maximum absolute atomic E-state index is 9.41. The van der Waals surface area contributed by atoms with Crippen LogP contribution in [0.5, 0.6) is 5.75 Å². The van der Waals surface area contributed by atoms with Crippen LogP contribution in [0.3, 0.4) is 0 Å². The minimum Gasteiger partial charge on any atom is -0.508 e. The van der Waals surface area contributed by atoms with Gasteiger partial charge in [-0.25, -0.2) is 0 Å². The Balaban J connectivity index is 0.000000704. The van der Waals surface area contributed by atoms with Crippen LogP contribution in [-0.2, 0) is 0 Å². The summed E-state index contributed by atoms with van der Waals surface area (Å²) < 4.78 is 5.66. The van der Waals surface area contributed by atoms with E-state index in [0.29, 0.717) is 22.5 Å². The third-order valence-electron chi connectivity index (χ3n) is 2.71. The number of phenols is 1. The van der Waals surface area contributed by atoms with Gasteiger partial charge in [-0.05, 0) is 30.3 Å². The fourth-order valence-corrected chi connectivity index (χ4v) is 1.86. The van der Waals surface area contributed by atoms with E-state index in [1.807, 2.05) is 13.8 Å². The van der Waals surface area contributed by atoms with E-state index in [1.54, 1.807) is 36.5 Å². The summed E-state index contributed by atoms with van der Waals surface area (Å²) in [5.41, 5.74) is 1.83. The van der Waals surface area contributed by atoms with Crippen LogP contribution in [0.25, 0.3) is 22.3 Å². The second kappa shape index (κ2) is 5.89. The summed E-state index contributed by atoms with van der Waals surface area (Å²) in [6.07, 6.45) is 3.11. The summed E-state index contributed by atoms with van der Waals surface area (Å²) in [5.74, 6) is 0.777. The Labute approximate surface area is 116 Å². The molecule has 4 heteroatoms. The Morgan fingerprint density at radius 3 is 2.75 bits per heavy atom. The Morgan fingerprint density at radius 2 is 2.00 bits per heavy atom. The summed E-state index contributed by atoms with van der Waals surface area (Å²) in [6, 6.07) is 10.5. The minimum absolute atomic E-state index is 0.185. The van der Waals surface area contributed by atoms with E-state index >= 15 is 0 Å². The Bertz CT molecular complexity index is 769. The molecule has 0 aliphatic rings. The Kier molecular flexibility index (Phi) is 4.02. The molecule has 100 valence electrons. The number of phenolic OH excluding ortho intramolecular Hbond substituents is 1. The van der Waals surface area contributed by atoms with Gasteiger partial charge in [-0.1, -0.05) is 13.8 Å². The van der Waals surface area contributed by atoms with E-state index in [2.05, 4.69) is 11.1 Å². The first-order valence-corrected chi connectivity index (χ1v) is 6.35. The van der Waals surface area contributed by atoms with E-state index in [9.17, 15) is 5.11 Å². The summed E-state index contributed by atoms with van der Waals surface area (Å²) in [6.45, 7) is 4.00. The highest BCUT2D eigenvalue weighted by Gasteiger charge is 2.10. The number of nitrogens with zero attached hydrogens (tertiary/aromatic N) is 2. The van der Waals surface area contributed by atoms with Crippen molar-refractivity contribution in [1.82, 2.24) is 4.98 Å². The first-order chi connectivity index (χ1) is 9.78. The predicted molar refractivity (Wildman–Crippen MR) is 77.2 cm³/mol. The van der Waals surface area contributed by atoms with Crippen LogP contribution in [0.1, 0.15) is 19.4 Å². The molecule has 0 bridgehead atoms. The molecule has 0 unspecified atom stereocenters. The first kappa shape index (κ1) is 13.6. The molecule has 0 aliphatic carbocycles. The van der Waals surface area contributed by atoms with Crippen molar-refractivity contribution in [1.29, 1.82) is 5.26 Å². The van der Waals surface area contributed by atoms with Gasteiger partial charge in [-0.15, -0.1) is 0 Å². The number of hydrogen-bond acceptors (Lipinski definition) is 4. The van der Waals surface area contributed by atoms with Gasteiger partial charge in [-0.2, -0.15) is 5.26 Å². The van der Waals surface area contributed by atoms with Crippen LogP contribution < -0.4 is 0 Å². The van der Waals surface area contributed by atoms with Gasteiger partial charge in [0.2, 0.25) is 0 Å². The summed E-state index contributed by atoms with van der Waals surface area (Å²) in [7, 11) is 0. The van der Waals surface area contributed by atoms with E-state index in [1.165, 1.54) is 6.20 Å². The summed E-state index contributed by atoms with van der Waals surface area (Å²) in [5, 5.41) is 19.2. The molecule has 2 heterocycles. The number of nitriles is 1. The molecule has 3 aromatic rings. The molecule has 0 saturated heterocycles. The molecule has 0 amide bonds. The number of rotatable bonds is 1. The number of fused-ring (bicyclic) bond motifs is 1. The highest BCUT2D eigenvalue weighted by atomic mass is 16.3. The quantitative estimate of drug-likeness (QED) is 0.719. The molecule has 2 aromatic heterocycles. The predicted octanol–water partition coefficient (Wildman–Crippen LogP) is 4.10. The van der Waals surface area contributed by atoms with Crippen molar-refractivity contribution in [2.24, 2.45) is 0 Å². The van der Waals surface area contributed by atoms with E-state index in [-0.39, 0.29) is 5.75 Å². The van der Waals surface area contributed by atoms with Gasteiger partial charge in [-0.3, -0.25) is 4.98 Å². The van der Waals surface area contributed by atoms with Crippen molar-refractivity contribution in [3.05, 3.63) is 48.3 Å². The zero-order valence-electron chi connectivity index (χ0n) is 11.3. The number of aromatic nitrogens is 1. The molecule has 0 saturated carbocycles. The normalized spacial score (nSPS) is 9.65. The SMILES string of the molecule is CC.N#Cc1cnccc1-c1cc2cc(O)ccc2o1. The number of hydrogen-bond donors (Lipinski definition) is 1. The fraction of sp³-hybridized carbons (Fsp3) is 0.125. The molecule has 0 radical (unpaired) electrons. The molecule has 20 heavy (non-hydrogen) atoms. The second-order valence-electron chi connectivity index (χ2n) is 3.87. The fourth-order valence-electron chi connectivity index (χ4n) is 1.86. The van der Waals surface area contributed by atoms with E-state index in [4.69, 9.17) is 9.68 Å². The van der Waals surface area contributed by atoms with E-state index < -0.39 is 0 Å². The maximum Gasteiger partial charge on any atom is 0.136 e. The van der Waals surface area contributed by atoms with Gasteiger partial charge < -0.3 is 9.52 Å². The van der Waals surface area contributed by atoms with E-state index in [0.717, 1.165) is 5.39 Å². The third-order valence-corrected chi connectivity index (χ3v) is 2.71. The smallest absolute Gasteiger partial charge is 0.136 e. The van der Waals surface area contributed by atoms with Gasteiger partial charge in [0.15, 0.2) is 0 Å². The van der Waals surface area contributed by atoms with Crippen molar-refractivity contribution in [3.8, 4) is 23.1 Å². The Morgan fingerprint density at radius 1 is 1.20 bits per heavy atom. The molecule has 3 rings (SSSR count). The largest absolute Gasteiger partial charge is 0.508 e. The number of benzene rings is 1. The monoisotopic (exact) mass is 266 g/mol. The molecule has 0 atom stereocenters. The van der Waals surface area contributed by atoms with Crippen molar-refractivity contribution >= 4 is 11.0 Å². The van der Waals surface area contributed by atoms with Crippen LogP contribution in [0, 0.1) is 11.3 Å². The standard InChI is InChI=1S/C14H8N2O2.C2H6/c15-7-10-8-16-4-3-12(10)14-6-9-5-11(17)1-2-13(9)18-14;1-2/h1-6,8,17H;1-2H3.